The van der Waals surface area contributed by atoms with E-state index in [-0.39, 0.29) is 18.5 Å². The number of aliphatic hydroxyl groups excluding tert-OH is 2. The first-order chi connectivity index (χ1) is 35.0. The van der Waals surface area contributed by atoms with Crippen LogP contribution in [0.4, 0.5) is 0 Å². The number of esters is 1. The minimum Gasteiger partial charge on any atom is -0.466 e. The Morgan fingerprint density at radius 2 is 0.662 bits per heavy atom. The zero-order valence-electron chi connectivity index (χ0n) is 48.2. The molecule has 0 radical (unpaired) electrons. The van der Waals surface area contributed by atoms with Crippen LogP contribution in [0.2, 0.25) is 0 Å². The Hall–Kier alpha value is -1.40. The van der Waals surface area contributed by atoms with Gasteiger partial charge in [-0.05, 0) is 51.4 Å². The lowest BCUT2D eigenvalue weighted by Gasteiger charge is -2.22. The third kappa shape index (κ3) is 57.7. The Morgan fingerprint density at radius 3 is 1.00 bits per heavy atom. The Kier molecular flexibility index (Phi) is 59.9. The van der Waals surface area contributed by atoms with Gasteiger partial charge in [0.25, 0.3) is 0 Å². The number of allylic oxidation sites excluding steroid dienone is 2. The van der Waals surface area contributed by atoms with E-state index in [2.05, 4.69) is 31.3 Å². The molecule has 0 fully saturated rings. The van der Waals surface area contributed by atoms with E-state index >= 15 is 0 Å². The average Bonchev–Trinajstić information content (AvgIpc) is 3.37. The second-order valence-electron chi connectivity index (χ2n) is 22.5. The van der Waals surface area contributed by atoms with E-state index < -0.39 is 12.1 Å². The van der Waals surface area contributed by atoms with E-state index in [0.29, 0.717) is 25.9 Å². The molecule has 0 rings (SSSR count). The molecule has 0 aliphatic carbocycles. The third-order valence-electron chi connectivity index (χ3n) is 15.3. The van der Waals surface area contributed by atoms with Crippen molar-refractivity contribution in [2.24, 2.45) is 0 Å². The van der Waals surface area contributed by atoms with Crippen LogP contribution in [0.1, 0.15) is 367 Å². The molecular formula is C65H127NO5. The Morgan fingerprint density at radius 1 is 0.380 bits per heavy atom. The fourth-order valence-electron chi connectivity index (χ4n) is 10.3. The van der Waals surface area contributed by atoms with Crippen molar-refractivity contribution in [1.82, 2.24) is 5.32 Å². The first-order valence-electron chi connectivity index (χ1n) is 32.4. The molecule has 2 atom stereocenters. The van der Waals surface area contributed by atoms with Crippen molar-refractivity contribution in [2.75, 3.05) is 13.2 Å². The van der Waals surface area contributed by atoms with E-state index in [9.17, 15) is 19.8 Å². The van der Waals surface area contributed by atoms with Crippen molar-refractivity contribution in [3.8, 4) is 0 Å². The van der Waals surface area contributed by atoms with Gasteiger partial charge in [0.05, 0.1) is 25.4 Å². The van der Waals surface area contributed by atoms with Gasteiger partial charge in [0.15, 0.2) is 0 Å². The maximum absolute atomic E-state index is 12.5. The Labute approximate surface area is 444 Å². The fraction of sp³-hybridized carbons (Fsp3) is 0.938. The van der Waals surface area contributed by atoms with Crippen molar-refractivity contribution in [1.29, 1.82) is 0 Å². The minimum atomic E-state index is -0.663. The lowest BCUT2D eigenvalue weighted by Crippen LogP contribution is -2.45. The highest BCUT2D eigenvalue weighted by molar-refractivity contribution is 5.76. The van der Waals surface area contributed by atoms with Gasteiger partial charge < -0.3 is 20.3 Å². The molecule has 1 amide bonds. The van der Waals surface area contributed by atoms with Gasteiger partial charge in [-0.3, -0.25) is 9.59 Å². The molecule has 0 aromatic heterocycles. The largest absolute Gasteiger partial charge is 0.466 e. The van der Waals surface area contributed by atoms with Gasteiger partial charge in [0, 0.05) is 12.8 Å². The Balaban J connectivity index is 3.35. The SMILES string of the molecule is CCCCCCCC/C=C\CCCCCCCCCC(=O)OCCCCCCCCCCCCCCCCCCCCCCCCCC(=O)NC(CO)C(O)CCCCCCCCCCCCCCCC. The molecule has 3 N–H and O–H groups in total. The van der Waals surface area contributed by atoms with Crippen LogP contribution in [0.25, 0.3) is 0 Å². The van der Waals surface area contributed by atoms with Crippen molar-refractivity contribution in [3.05, 3.63) is 12.2 Å². The number of rotatable bonds is 61. The predicted molar refractivity (Wildman–Crippen MR) is 310 cm³/mol. The zero-order valence-corrected chi connectivity index (χ0v) is 48.2. The highest BCUT2D eigenvalue weighted by Crippen LogP contribution is 2.18. The summed E-state index contributed by atoms with van der Waals surface area (Å²) < 4.78 is 5.50. The number of unbranched alkanes of at least 4 members (excludes halogenated alkanes) is 48. The van der Waals surface area contributed by atoms with E-state index in [1.54, 1.807) is 0 Å². The highest BCUT2D eigenvalue weighted by Gasteiger charge is 2.20. The van der Waals surface area contributed by atoms with Crippen molar-refractivity contribution < 1.29 is 24.5 Å². The maximum Gasteiger partial charge on any atom is 0.305 e. The number of aliphatic hydroxyl groups is 2. The summed E-state index contributed by atoms with van der Waals surface area (Å²) in [6.07, 6.45) is 73.7. The van der Waals surface area contributed by atoms with Gasteiger partial charge in [0.2, 0.25) is 5.91 Å². The van der Waals surface area contributed by atoms with Crippen LogP contribution >= 0.6 is 0 Å². The lowest BCUT2D eigenvalue weighted by molar-refractivity contribution is -0.143. The van der Waals surface area contributed by atoms with Gasteiger partial charge >= 0.3 is 5.97 Å². The van der Waals surface area contributed by atoms with Crippen LogP contribution in [-0.2, 0) is 14.3 Å². The summed E-state index contributed by atoms with van der Waals surface area (Å²) in [7, 11) is 0. The number of hydrogen-bond donors (Lipinski definition) is 3. The molecule has 422 valence electrons. The second-order valence-corrected chi connectivity index (χ2v) is 22.5. The van der Waals surface area contributed by atoms with Crippen LogP contribution in [0, 0.1) is 0 Å². The Bertz CT molecular complexity index is 1060. The fourth-order valence-corrected chi connectivity index (χ4v) is 10.3. The number of hydrogen-bond acceptors (Lipinski definition) is 5. The first kappa shape index (κ1) is 69.6. The monoisotopic (exact) mass is 1000 g/mol. The summed E-state index contributed by atoms with van der Waals surface area (Å²) in [4.78, 5) is 24.6. The van der Waals surface area contributed by atoms with Crippen LogP contribution in [0.3, 0.4) is 0 Å². The molecule has 0 aromatic rings. The maximum atomic E-state index is 12.5. The molecule has 0 spiro atoms. The molecule has 71 heavy (non-hydrogen) atoms. The average molecular weight is 1000 g/mol. The topological polar surface area (TPSA) is 95.9 Å². The summed E-state index contributed by atoms with van der Waals surface area (Å²) in [5, 5.41) is 23.3. The van der Waals surface area contributed by atoms with E-state index in [4.69, 9.17) is 4.74 Å². The first-order valence-corrected chi connectivity index (χ1v) is 32.4. The van der Waals surface area contributed by atoms with Crippen LogP contribution < -0.4 is 5.32 Å². The van der Waals surface area contributed by atoms with Crippen molar-refractivity contribution in [3.63, 3.8) is 0 Å². The van der Waals surface area contributed by atoms with Crippen molar-refractivity contribution >= 4 is 11.9 Å². The predicted octanol–water partition coefficient (Wildman–Crippen LogP) is 20.4. The number of amides is 1. The highest BCUT2D eigenvalue weighted by atomic mass is 16.5. The van der Waals surface area contributed by atoms with Crippen LogP contribution in [0.15, 0.2) is 12.2 Å². The van der Waals surface area contributed by atoms with E-state index in [0.717, 1.165) is 44.9 Å². The number of nitrogens with one attached hydrogen (secondary N) is 1. The van der Waals surface area contributed by atoms with Gasteiger partial charge in [0.1, 0.15) is 0 Å². The summed E-state index contributed by atoms with van der Waals surface area (Å²) in [6, 6.07) is -0.540. The summed E-state index contributed by atoms with van der Waals surface area (Å²) in [5.74, 6) is -0.0202. The molecular weight excluding hydrogens is 875 g/mol. The summed E-state index contributed by atoms with van der Waals surface area (Å²) in [5.41, 5.74) is 0. The van der Waals surface area contributed by atoms with Gasteiger partial charge in [-0.2, -0.15) is 0 Å². The zero-order chi connectivity index (χ0) is 51.4. The normalized spacial score (nSPS) is 12.6. The number of carbonyl (C=O) groups is 2. The quantitative estimate of drug-likeness (QED) is 0.0320. The molecule has 0 saturated carbocycles. The molecule has 0 aliphatic heterocycles. The van der Waals surface area contributed by atoms with Crippen LogP contribution in [-0.4, -0.2) is 47.4 Å². The molecule has 0 aromatic carbocycles. The third-order valence-corrected chi connectivity index (χ3v) is 15.3. The standard InChI is InChI=1S/C65H127NO5/c1-3-5-7-9-11-13-15-17-19-27-31-35-39-43-47-51-55-59-65(70)71-60-56-52-48-44-40-36-32-29-26-24-22-20-21-23-25-28-30-34-38-42-46-50-54-58-64(69)66-62(61-67)63(68)57-53-49-45-41-37-33-18-16-14-12-10-8-6-4-2/h17,19,62-63,67-68H,3-16,18,20-61H2,1-2H3,(H,66,69)/b19-17-. The molecule has 0 saturated heterocycles. The van der Waals surface area contributed by atoms with E-state index in [1.165, 1.54) is 289 Å². The minimum absolute atomic E-state index is 0.0119. The molecule has 0 heterocycles. The molecule has 2 unspecified atom stereocenters. The van der Waals surface area contributed by atoms with Gasteiger partial charge in [-0.1, -0.05) is 315 Å². The summed E-state index contributed by atoms with van der Waals surface area (Å²) in [6.45, 7) is 4.97. The van der Waals surface area contributed by atoms with E-state index in [1.807, 2.05) is 0 Å². The molecule has 6 heteroatoms. The second kappa shape index (κ2) is 61.1. The smallest absolute Gasteiger partial charge is 0.305 e. The molecule has 6 nitrogen and oxygen atoms in total. The molecule has 0 aliphatic rings. The van der Waals surface area contributed by atoms with Gasteiger partial charge in [-0.15, -0.1) is 0 Å². The number of carbonyl (C=O) groups excluding carboxylic acids is 2. The van der Waals surface area contributed by atoms with Gasteiger partial charge in [-0.25, -0.2) is 0 Å². The molecule has 0 bridgehead atoms. The summed E-state index contributed by atoms with van der Waals surface area (Å²) >= 11 is 0. The van der Waals surface area contributed by atoms with Crippen molar-refractivity contribution in [2.45, 2.75) is 379 Å². The van der Waals surface area contributed by atoms with Crippen LogP contribution in [0.5, 0.6) is 0 Å². The number of ether oxygens (including phenoxy) is 1. The lowest BCUT2D eigenvalue weighted by atomic mass is 10.0.